The molecule has 2 heterocycles. The second-order valence-corrected chi connectivity index (χ2v) is 3.43. The number of hydrogen-bond acceptors (Lipinski definition) is 4. The standard InChI is InChI=1S/C10H15N3O/c1-14-9-2-3-10(12-7-9)13-5-4-8(13)6-11/h2-3,7-8H,4-6,11H2,1H3. The smallest absolute Gasteiger partial charge is 0.137 e. The summed E-state index contributed by atoms with van der Waals surface area (Å²) < 4.78 is 5.05. The molecule has 2 N–H and O–H groups in total. The van der Waals surface area contributed by atoms with Gasteiger partial charge in [0.2, 0.25) is 0 Å². The number of methoxy groups -OCH3 is 1. The van der Waals surface area contributed by atoms with Crippen molar-refractivity contribution in [1.82, 2.24) is 4.98 Å². The summed E-state index contributed by atoms with van der Waals surface area (Å²) in [4.78, 5) is 6.54. The van der Waals surface area contributed by atoms with Crippen LogP contribution in [0.25, 0.3) is 0 Å². The number of nitrogens with zero attached hydrogens (tertiary/aromatic N) is 2. The van der Waals surface area contributed by atoms with Crippen LogP contribution in [-0.4, -0.2) is 31.2 Å². The lowest BCUT2D eigenvalue weighted by Gasteiger charge is -2.41. The lowest BCUT2D eigenvalue weighted by molar-refractivity contribution is 0.411. The maximum absolute atomic E-state index is 5.62. The Balaban J connectivity index is 2.09. The molecule has 4 nitrogen and oxygen atoms in total. The monoisotopic (exact) mass is 193 g/mol. The van der Waals surface area contributed by atoms with Crippen LogP contribution in [0, 0.1) is 0 Å². The van der Waals surface area contributed by atoms with E-state index < -0.39 is 0 Å². The molecule has 0 amide bonds. The van der Waals surface area contributed by atoms with Gasteiger partial charge < -0.3 is 15.4 Å². The van der Waals surface area contributed by atoms with Gasteiger partial charge in [-0.05, 0) is 18.6 Å². The first kappa shape index (κ1) is 9.27. The van der Waals surface area contributed by atoms with E-state index in [4.69, 9.17) is 10.5 Å². The minimum absolute atomic E-state index is 0.468. The summed E-state index contributed by atoms with van der Waals surface area (Å²) in [5.41, 5.74) is 5.62. The first-order valence-corrected chi connectivity index (χ1v) is 4.82. The molecule has 0 aromatic carbocycles. The summed E-state index contributed by atoms with van der Waals surface area (Å²) >= 11 is 0. The molecule has 1 aromatic heterocycles. The van der Waals surface area contributed by atoms with Crippen LogP contribution in [0.5, 0.6) is 5.75 Å². The van der Waals surface area contributed by atoms with Gasteiger partial charge in [-0.15, -0.1) is 0 Å². The van der Waals surface area contributed by atoms with E-state index in [1.807, 2.05) is 12.1 Å². The number of aromatic nitrogens is 1. The molecule has 0 aliphatic carbocycles. The van der Waals surface area contributed by atoms with Crippen LogP contribution in [0.3, 0.4) is 0 Å². The fourth-order valence-corrected chi connectivity index (χ4v) is 1.65. The molecule has 4 heteroatoms. The van der Waals surface area contributed by atoms with Crippen molar-refractivity contribution < 1.29 is 4.74 Å². The van der Waals surface area contributed by atoms with Crippen molar-refractivity contribution in [3.63, 3.8) is 0 Å². The topological polar surface area (TPSA) is 51.4 Å². The van der Waals surface area contributed by atoms with Crippen LogP contribution < -0.4 is 15.4 Å². The number of nitrogens with two attached hydrogens (primary N) is 1. The molecule has 14 heavy (non-hydrogen) atoms. The van der Waals surface area contributed by atoms with Crippen molar-refractivity contribution in [3.05, 3.63) is 18.3 Å². The van der Waals surface area contributed by atoms with Crippen LogP contribution in [0.2, 0.25) is 0 Å². The number of ether oxygens (including phenoxy) is 1. The molecule has 0 saturated carbocycles. The SMILES string of the molecule is COc1ccc(N2CCC2CN)nc1. The third-order valence-electron chi connectivity index (χ3n) is 2.67. The minimum atomic E-state index is 0.468. The predicted molar refractivity (Wildman–Crippen MR) is 55.6 cm³/mol. The number of anilines is 1. The van der Waals surface area contributed by atoms with Crippen LogP contribution in [-0.2, 0) is 0 Å². The molecule has 1 atom stereocenters. The van der Waals surface area contributed by atoms with E-state index in [1.165, 1.54) is 6.42 Å². The molecular weight excluding hydrogens is 178 g/mol. The molecular formula is C10H15N3O. The fraction of sp³-hybridized carbons (Fsp3) is 0.500. The van der Waals surface area contributed by atoms with Gasteiger partial charge in [-0.25, -0.2) is 4.98 Å². The first-order chi connectivity index (χ1) is 6.85. The van der Waals surface area contributed by atoms with Crippen LogP contribution in [0.15, 0.2) is 18.3 Å². The highest BCUT2D eigenvalue weighted by Gasteiger charge is 2.27. The predicted octanol–water partition coefficient (Wildman–Crippen LogP) is 0.628. The van der Waals surface area contributed by atoms with E-state index >= 15 is 0 Å². The third-order valence-corrected chi connectivity index (χ3v) is 2.67. The number of rotatable bonds is 3. The third kappa shape index (κ3) is 1.53. The van der Waals surface area contributed by atoms with Crippen molar-refractivity contribution >= 4 is 5.82 Å². The quantitative estimate of drug-likeness (QED) is 0.765. The van der Waals surface area contributed by atoms with E-state index in [1.54, 1.807) is 13.3 Å². The van der Waals surface area contributed by atoms with Crippen molar-refractivity contribution in [2.45, 2.75) is 12.5 Å². The zero-order valence-electron chi connectivity index (χ0n) is 8.31. The molecule has 1 saturated heterocycles. The average molecular weight is 193 g/mol. The molecule has 1 unspecified atom stereocenters. The average Bonchev–Trinajstić information content (AvgIpc) is 2.18. The van der Waals surface area contributed by atoms with Gasteiger partial charge in [-0.3, -0.25) is 0 Å². The summed E-state index contributed by atoms with van der Waals surface area (Å²) in [5.74, 6) is 1.78. The second-order valence-electron chi connectivity index (χ2n) is 3.43. The molecule has 2 rings (SSSR count). The Hall–Kier alpha value is -1.29. The fourth-order valence-electron chi connectivity index (χ4n) is 1.65. The zero-order chi connectivity index (χ0) is 9.97. The van der Waals surface area contributed by atoms with Crippen molar-refractivity contribution in [2.24, 2.45) is 5.73 Å². The summed E-state index contributed by atoms with van der Waals surface area (Å²) in [5, 5.41) is 0. The van der Waals surface area contributed by atoms with E-state index in [-0.39, 0.29) is 0 Å². The summed E-state index contributed by atoms with van der Waals surface area (Å²) in [6.07, 6.45) is 2.91. The van der Waals surface area contributed by atoms with Gasteiger partial charge in [-0.1, -0.05) is 0 Å². The Kier molecular flexibility index (Phi) is 2.54. The molecule has 1 aromatic rings. The normalized spacial score (nSPS) is 20.4. The lowest BCUT2D eigenvalue weighted by Crippen LogP contribution is -2.52. The lowest BCUT2D eigenvalue weighted by atomic mass is 10.0. The highest BCUT2D eigenvalue weighted by molar-refractivity contribution is 5.44. The maximum Gasteiger partial charge on any atom is 0.137 e. The Morgan fingerprint density at radius 2 is 2.50 bits per heavy atom. The summed E-state index contributed by atoms with van der Waals surface area (Å²) in [7, 11) is 1.64. The van der Waals surface area contributed by atoms with Gasteiger partial charge in [0.1, 0.15) is 11.6 Å². The maximum atomic E-state index is 5.62. The van der Waals surface area contributed by atoms with E-state index in [9.17, 15) is 0 Å². The highest BCUT2D eigenvalue weighted by Crippen LogP contribution is 2.24. The van der Waals surface area contributed by atoms with Gasteiger partial charge in [0.15, 0.2) is 0 Å². The number of pyridine rings is 1. The van der Waals surface area contributed by atoms with Gasteiger partial charge in [0, 0.05) is 19.1 Å². The van der Waals surface area contributed by atoms with E-state index in [0.717, 1.165) is 18.1 Å². The first-order valence-electron chi connectivity index (χ1n) is 4.82. The highest BCUT2D eigenvalue weighted by atomic mass is 16.5. The van der Waals surface area contributed by atoms with Crippen LogP contribution in [0.4, 0.5) is 5.82 Å². The summed E-state index contributed by atoms with van der Waals surface area (Å²) in [6.45, 7) is 1.76. The Bertz CT molecular complexity index is 297. The minimum Gasteiger partial charge on any atom is -0.495 e. The number of hydrogen-bond donors (Lipinski definition) is 1. The Morgan fingerprint density at radius 3 is 2.93 bits per heavy atom. The van der Waals surface area contributed by atoms with Crippen molar-refractivity contribution in [3.8, 4) is 5.75 Å². The molecule has 0 spiro atoms. The Labute approximate surface area is 83.7 Å². The summed E-state index contributed by atoms with van der Waals surface area (Å²) in [6, 6.07) is 4.37. The van der Waals surface area contributed by atoms with E-state index in [0.29, 0.717) is 12.6 Å². The van der Waals surface area contributed by atoms with E-state index in [2.05, 4.69) is 9.88 Å². The van der Waals surface area contributed by atoms with Crippen molar-refractivity contribution in [2.75, 3.05) is 25.1 Å². The second kappa shape index (κ2) is 3.84. The zero-order valence-corrected chi connectivity index (χ0v) is 8.31. The molecule has 0 bridgehead atoms. The molecule has 76 valence electrons. The van der Waals surface area contributed by atoms with Crippen molar-refractivity contribution in [1.29, 1.82) is 0 Å². The molecule has 1 fully saturated rings. The van der Waals surface area contributed by atoms with Gasteiger partial charge in [0.05, 0.1) is 13.3 Å². The van der Waals surface area contributed by atoms with Gasteiger partial charge >= 0.3 is 0 Å². The van der Waals surface area contributed by atoms with Gasteiger partial charge in [0.25, 0.3) is 0 Å². The largest absolute Gasteiger partial charge is 0.495 e. The van der Waals surface area contributed by atoms with Crippen LogP contribution >= 0.6 is 0 Å². The Morgan fingerprint density at radius 1 is 1.64 bits per heavy atom. The molecule has 1 aliphatic heterocycles. The molecule has 0 radical (unpaired) electrons. The van der Waals surface area contributed by atoms with Gasteiger partial charge in [-0.2, -0.15) is 0 Å². The molecule has 1 aliphatic rings. The van der Waals surface area contributed by atoms with Crippen LogP contribution in [0.1, 0.15) is 6.42 Å².